The maximum Gasteiger partial charge on any atom is 0.156 e. The van der Waals surface area contributed by atoms with Gasteiger partial charge in [0.1, 0.15) is 17.3 Å². The van der Waals surface area contributed by atoms with E-state index in [1.807, 2.05) is 6.92 Å². The second-order valence-electron chi connectivity index (χ2n) is 3.48. The van der Waals surface area contributed by atoms with Crippen LogP contribution in [-0.4, -0.2) is 36.0 Å². The Morgan fingerprint density at radius 3 is 3.06 bits per heavy atom. The molecule has 6 heteroatoms. The van der Waals surface area contributed by atoms with Gasteiger partial charge >= 0.3 is 0 Å². The summed E-state index contributed by atoms with van der Waals surface area (Å²) in [6, 6.07) is 0. The van der Waals surface area contributed by atoms with E-state index in [4.69, 9.17) is 16.3 Å². The Bertz CT molecular complexity index is 410. The third-order valence-corrected chi connectivity index (χ3v) is 2.14. The van der Waals surface area contributed by atoms with Gasteiger partial charge in [0.05, 0.1) is 18.8 Å². The summed E-state index contributed by atoms with van der Waals surface area (Å²) in [6.45, 7) is 7.15. The van der Waals surface area contributed by atoms with Crippen molar-refractivity contribution in [1.82, 2.24) is 9.97 Å². The number of carbonyl (C=O) groups is 1. The van der Waals surface area contributed by atoms with E-state index in [0.717, 1.165) is 5.57 Å². The smallest absolute Gasteiger partial charge is 0.156 e. The lowest BCUT2D eigenvalue weighted by molar-refractivity contribution is 0.112. The molecule has 0 radical (unpaired) electrons. The number of nitrogens with zero attached hydrogens (tertiary/aromatic N) is 2. The highest BCUT2D eigenvalue weighted by atomic mass is 35.5. The third-order valence-electron chi connectivity index (χ3n) is 1.84. The zero-order valence-corrected chi connectivity index (χ0v) is 10.3. The number of hydrogen-bond acceptors (Lipinski definition) is 5. The van der Waals surface area contributed by atoms with Crippen LogP contribution in [0.2, 0.25) is 5.15 Å². The molecule has 0 fully saturated rings. The molecule has 0 bridgehead atoms. The maximum atomic E-state index is 10.8. The van der Waals surface area contributed by atoms with Crippen LogP contribution in [0.15, 0.2) is 18.5 Å². The maximum absolute atomic E-state index is 10.8. The molecule has 0 atom stereocenters. The minimum Gasteiger partial charge on any atom is -0.375 e. The Kier molecular flexibility index (Phi) is 5.59. The summed E-state index contributed by atoms with van der Waals surface area (Å²) in [7, 11) is 0. The first kappa shape index (κ1) is 13.6. The van der Waals surface area contributed by atoms with Crippen LogP contribution in [0.4, 0.5) is 5.82 Å². The quantitative estimate of drug-likeness (QED) is 0.349. The van der Waals surface area contributed by atoms with Crippen LogP contribution in [0, 0.1) is 0 Å². The van der Waals surface area contributed by atoms with Gasteiger partial charge in [0, 0.05) is 6.54 Å². The van der Waals surface area contributed by atoms with Gasteiger partial charge in [-0.1, -0.05) is 23.8 Å². The number of halogens is 1. The number of ether oxygens (including phenoxy) is 1. The summed E-state index contributed by atoms with van der Waals surface area (Å²) < 4.78 is 5.29. The SMILES string of the molecule is C=C(C)COCCNc1ncnc(Cl)c1C=O. The van der Waals surface area contributed by atoms with Gasteiger partial charge in [-0.25, -0.2) is 9.97 Å². The third kappa shape index (κ3) is 4.50. The molecule has 0 amide bonds. The summed E-state index contributed by atoms with van der Waals surface area (Å²) in [5.41, 5.74) is 1.22. The number of hydrogen-bond donors (Lipinski definition) is 1. The zero-order valence-electron chi connectivity index (χ0n) is 9.57. The predicted octanol–water partition coefficient (Wildman–Crippen LogP) is 1.95. The van der Waals surface area contributed by atoms with Gasteiger partial charge in [-0.15, -0.1) is 0 Å². The van der Waals surface area contributed by atoms with Gasteiger partial charge < -0.3 is 10.1 Å². The summed E-state index contributed by atoms with van der Waals surface area (Å²) in [5, 5.41) is 3.10. The first-order valence-corrected chi connectivity index (χ1v) is 5.44. The van der Waals surface area contributed by atoms with Gasteiger partial charge in [-0.3, -0.25) is 4.79 Å². The molecule has 0 unspecified atom stereocenters. The molecule has 17 heavy (non-hydrogen) atoms. The van der Waals surface area contributed by atoms with Crippen LogP contribution in [0.5, 0.6) is 0 Å². The first-order chi connectivity index (χ1) is 8.15. The topological polar surface area (TPSA) is 64.1 Å². The van der Waals surface area contributed by atoms with Crippen LogP contribution in [0.25, 0.3) is 0 Å². The lowest BCUT2D eigenvalue weighted by atomic mass is 10.3. The Morgan fingerprint density at radius 1 is 1.65 bits per heavy atom. The molecule has 0 aliphatic carbocycles. The van der Waals surface area contributed by atoms with Gasteiger partial charge in [0.15, 0.2) is 6.29 Å². The van der Waals surface area contributed by atoms with Gasteiger partial charge in [-0.05, 0) is 6.92 Å². The molecule has 1 aromatic heterocycles. The van der Waals surface area contributed by atoms with Crippen molar-refractivity contribution in [2.45, 2.75) is 6.92 Å². The van der Waals surface area contributed by atoms with E-state index < -0.39 is 0 Å². The lowest BCUT2D eigenvalue weighted by Crippen LogP contribution is -2.13. The van der Waals surface area contributed by atoms with Crippen molar-refractivity contribution in [1.29, 1.82) is 0 Å². The van der Waals surface area contributed by atoms with E-state index in [1.165, 1.54) is 6.33 Å². The Morgan fingerprint density at radius 2 is 2.41 bits per heavy atom. The van der Waals surface area contributed by atoms with Crippen molar-refractivity contribution in [3.05, 3.63) is 29.2 Å². The van der Waals surface area contributed by atoms with Crippen molar-refractivity contribution in [3.63, 3.8) is 0 Å². The summed E-state index contributed by atoms with van der Waals surface area (Å²) in [6.07, 6.45) is 1.92. The molecule has 1 heterocycles. The molecular formula is C11H14ClN3O2. The van der Waals surface area contributed by atoms with E-state index in [0.29, 0.717) is 31.9 Å². The molecule has 1 aromatic rings. The summed E-state index contributed by atoms with van der Waals surface area (Å²) in [5.74, 6) is 0.416. The zero-order chi connectivity index (χ0) is 12.7. The monoisotopic (exact) mass is 255 g/mol. The van der Waals surface area contributed by atoms with E-state index in [9.17, 15) is 4.79 Å². The minimum atomic E-state index is 0.139. The van der Waals surface area contributed by atoms with E-state index in [-0.39, 0.29) is 10.7 Å². The molecule has 0 saturated carbocycles. The molecule has 1 rings (SSSR count). The van der Waals surface area contributed by atoms with Crippen molar-refractivity contribution in [3.8, 4) is 0 Å². The van der Waals surface area contributed by atoms with Gasteiger partial charge in [0.25, 0.3) is 0 Å². The molecule has 0 aliphatic rings. The minimum absolute atomic E-state index is 0.139. The highest BCUT2D eigenvalue weighted by Gasteiger charge is 2.07. The fourth-order valence-electron chi connectivity index (χ4n) is 1.11. The highest BCUT2D eigenvalue weighted by Crippen LogP contribution is 2.16. The number of aromatic nitrogens is 2. The number of aldehydes is 1. The number of rotatable bonds is 7. The van der Waals surface area contributed by atoms with Crippen LogP contribution < -0.4 is 5.32 Å². The Balaban J connectivity index is 2.44. The van der Waals surface area contributed by atoms with E-state index in [1.54, 1.807) is 0 Å². The average Bonchev–Trinajstić information content (AvgIpc) is 2.28. The van der Waals surface area contributed by atoms with Crippen LogP contribution >= 0.6 is 11.6 Å². The van der Waals surface area contributed by atoms with Crippen molar-refractivity contribution < 1.29 is 9.53 Å². The van der Waals surface area contributed by atoms with Crippen molar-refractivity contribution in [2.75, 3.05) is 25.1 Å². The lowest BCUT2D eigenvalue weighted by Gasteiger charge is -2.08. The molecule has 1 N–H and O–H groups in total. The van der Waals surface area contributed by atoms with Crippen molar-refractivity contribution >= 4 is 23.7 Å². The summed E-state index contributed by atoms with van der Waals surface area (Å²) in [4.78, 5) is 18.4. The summed E-state index contributed by atoms with van der Waals surface area (Å²) >= 11 is 5.75. The molecule has 0 aromatic carbocycles. The molecule has 5 nitrogen and oxygen atoms in total. The number of carbonyl (C=O) groups excluding carboxylic acids is 1. The second-order valence-corrected chi connectivity index (χ2v) is 3.84. The van der Waals surface area contributed by atoms with Crippen LogP contribution in [0.3, 0.4) is 0 Å². The fraction of sp³-hybridized carbons (Fsp3) is 0.364. The second kappa shape index (κ2) is 6.98. The largest absolute Gasteiger partial charge is 0.375 e. The van der Waals surface area contributed by atoms with Crippen LogP contribution in [-0.2, 0) is 4.74 Å². The normalized spacial score (nSPS) is 10.0. The van der Waals surface area contributed by atoms with Gasteiger partial charge in [0.2, 0.25) is 0 Å². The molecule has 0 spiro atoms. The predicted molar refractivity (Wildman–Crippen MR) is 66.6 cm³/mol. The van der Waals surface area contributed by atoms with Crippen molar-refractivity contribution in [2.24, 2.45) is 0 Å². The number of nitrogens with one attached hydrogen (secondary N) is 1. The first-order valence-electron chi connectivity index (χ1n) is 5.06. The fourth-order valence-corrected chi connectivity index (χ4v) is 1.29. The van der Waals surface area contributed by atoms with Crippen LogP contribution in [0.1, 0.15) is 17.3 Å². The Labute approximate surface area is 105 Å². The molecular weight excluding hydrogens is 242 g/mol. The standard InChI is InChI=1S/C11H14ClN3O2/c1-8(2)6-17-4-3-13-11-9(5-16)10(12)14-7-15-11/h5,7H,1,3-4,6H2,2H3,(H,13,14,15). The molecule has 0 aliphatic heterocycles. The molecule has 0 saturated heterocycles. The Hall–Kier alpha value is -1.46. The van der Waals surface area contributed by atoms with Gasteiger partial charge in [-0.2, -0.15) is 0 Å². The highest BCUT2D eigenvalue weighted by molar-refractivity contribution is 6.32. The van der Waals surface area contributed by atoms with E-state index >= 15 is 0 Å². The van der Waals surface area contributed by atoms with E-state index in [2.05, 4.69) is 21.9 Å². The number of anilines is 1. The average molecular weight is 256 g/mol. The molecule has 92 valence electrons.